The summed E-state index contributed by atoms with van der Waals surface area (Å²) in [6.07, 6.45) is 0. The summed E-state index contributed by atoms with van der Waals surface area (Å²) < 4.78 is 6.53. The molecule has 8 nitrogen and oxygen atoms in total. The molecule has 0 bridgehead atoms. The summed E-state index contributed by atoms with van der Waals surface area (Å²) in [6, 6.07) is 6.25. The lowest BCUT2D eigenvalue weighted by molar-refractivity contribution is 0.0684. The van der Waals surface area contributed by atoms with Crippen molar-refractivity contribution in [2.75, 3.05) is 7.11 Å². The zero-order chi connectivity index (χ0) is 14.9. The number of hydrogen-bond acceptors (Lipinski definition) is 5. The normalized spacial score (nSPS) is 10.3. The molecule has 0 aliphatic heterocycles. The third-order valence-electron chi connectivity index (χ3n) is 2.69. The van der Waals surface area contributed by atoms with Gasteiger partial charge in [0.05, 0.1) is 12.8 Å². The van der Waals surface area contributed by atoms with Crippen molar-refractivity contribution in [1.29, 1.82) is 0 Å². The number of nitrogens with zero attached hydrogens (tertiary/aromatic N) is 3. The van der Waals surface area contributed by atoms with Crippen molar-refractivity contribution in [3.05, 3.63) is 50.8 Å². The molecule has 2 aromatic rings. The lowest BCUT2D eigenvalue weighted by Gasteiger charge is -2.08. The Morgan fingerprint density at radius 1 is 1.25 bits per heavy atom. The Labute approximate surface area is 112 Å². The first-order chi connectivity index (χ1) is 9.45. The van der Waals surface area contributed by atoms with Gasteiger partial charge in [0.2, 0.25) is 5.69 Å². The topological polar surface area (TPSA) is 103 Å². The Hall–Kier alpha value is -2.90. The molecule has 20 heavy (non-hydrogen) atoms. The summed E-state index contributed by atoms with van der Waals surface area (Å²) in [5.41, 5.74) is -2.07. The monoisotopic (exact) mass is 277 g/mol. The standard InChI is InChI=1S/C12H11N3O5/c1-14-10(16)9(11(17)18)13-15(12(14)19)7-3-5-8(20-2)6-4-7/h3-6H,1-2H3,(H,17,18). The largest absolute Gasteiger partial charge is 0.497 e. The molecule has 2 rings (SSSR count). The van der Waals surface area contributed by atoms with Crippen molar-refractivity contribution in [2.45, 2.75) is 0 Å². The molecular formula is C12H11N3O5. The highest BCUT2D eigenvalue weighted by molar-refractivity contribution is 5.84. The zero-order valence-corrected chi connectivity index (χ0v) is 10.7. The molecule has 104 valence electrons. The van der Waals surface area contributed by atoms with E-state index in [0.29, 0.717) is 16.0 Å². The Balaban J connectivity index is 2.70. The van der Waals surface area contributed by atoms with E-state index in [-0.39, 0.29) is 0 Å². The fraction of sp³-hybridized carbons (Fsp3) is 0.167. The van der Waals surface area contributed by atoms with Crippen molar-refractivity contribution < 1.29 is 14.6 Å². The number of ether oxygens (including phenoxy) is 1. The molecule has 0 atom stereocenters. The molecule has 0 aliphatic rings. The van der Waals surface area contributed by atoms with Gasteiger partial charge in [-0.25, -0.2) is 9.59 Å². The van der Waals surface area contributed by atoms with Gasteiger partial charge in [0.1, 0.15) is 5.75 Å². The molecule has 0 saturated carbocycles. The first-order valence-electron chi connectivity index (χ1n) is 5.53. The number of hydrogen-bond donors (Lipinski definition) is 1. The molecule has 1 N–H and O–H groups in total. The van der Waals surface area contributed by atoms with Crippen molar-refractivity contribution in [3.8, 4) is 11.4 Å². The highest BCUT2D eigenvalue weighted by atomic mass is 16.5. The van der Waals surface area contributed by atoms with E-state index in [4.69, 9.17) is 9.84 Å². The molecule has 8 heteroatoms. The van der Waals surface area contributed by atoms with Crippen molar-refractivity contribution in [2.24, 2.45) is 7.05 Å². The van der Waals surface area contributed by atoms with Crippen molar-refractivity contribution in [1.82, 2.24) is 14.3 Å². The van der Waals surface area contributed by atoms with Crippen LogP contribution in [0.3, 0.4) is 0 Å². The number of aromatic nitrogens is 3. The van der Waals surface area contributed by atoms with Crippen LogP contribution in [0.15, 0.2) is 33.9 Å². The first kappa shape index (κ1) is 13.5. The molecule has 0 saturated heterocycles. The number of rotatable bonds is 3. The van der Waals surface area contributed by atoms with Crippen molar-refractivity contribution in [3.63, 3.8) is 0 Å². The third kappa shape index (κ3) is 2.18. The summed E-state index contributed by atoms with van der Waals surface area (Å²) in [4.78, 5) is 34.5. The maximum atomic E-state index is 12.0. The Bertz CT molecular complexity index is 773. The maximum Gasteiger partial charge on any atom is 0.362 e. The number of carbonyl (C=O) groups is 1. The lowest BCUT2D eigenvalue weighted by Crippen LogP contribution is -2.42. The number of carboxylic acids is 1. The Kier molecular flexibility index (Phi) is 3.38. The van der Waals surface area contributed by atoms with Gasteiger partial charge in [-0.3, -0.25) is 9.36 Å². The summed E-state index contributed by atoms with van der Waals surface area (Å²) in [5, 5.41) is 12.5. The molecular weight excluding hydrogens is 266 g/mol. The smallest absolute Gasteiger partial charge is 0.362 e. The van der Waals surface area contributed by atoms with E-state index in [1.165, 1.54) is 26.3 Å². The molecule has 0 amide bonds. The molecule has 0 unspecified atom stereocenters. The molecule has 0 spiro atoms. The average molecular weight is 277 g/mol. The fourth-order valence-corrected chi connectivity index (χ4v) is 1.60. The van der Waals surface area contributed by atoms with Gasteiger partial charge in [-0.15, -0.1) is 0 Å². The Morgan fingerprint density at radius 3 is 2.35 bits per heavy atom. The van der Waals surface area contributed by atoms with Crippen LogP contribution in [0.4, 0.5) is 0 Å². The maximum absolute atomic E-state index is 12.0. The van der Waals surface area contributed by atoms with Crippen LogP contribution in [-0.4, -0.2) is 32.5 Å². The number of methoxy groups -OCH3 is 1. The molecule has 0 aliphatic carbocycles. The van der Waals surface area contributed by atoms with Crippen LogP contribution in [-0.2, 0) is 7.05 Å². The highest BCUT2D eigenvalue weighted by Crippen LogP contribution is 2.12. The predicted molar refractivity (Wildman–Crippen MR) is 68.6 cm³/mol. The second-order valence-electron chi connectivity index (χ2n) is 3.91. The minimum absolute atomic E-state index is 0.328. The number of carboxylic acid groups (broad SMARTS) is 1. The third-order valence-corrected chi connectivity index (χ3v) is 2.69. The van der Waals surface area contributed by atoms with Crippen LogP contribution in [0.2, 0.25) is 0 Å². The van der Waals surface area contributed by atoms with E-state index in [1.807, 2.05) is 0 Å². The average Bonchev–Trinajstić information content (AvgIpc) is 2.45. The summed E-state index contributed by atoms with van der Waals surface area (Å²) >= 11 is 0. The first-order valence-corrected chi connectivity index (χ1v) is 5.53. The Morgan fingerprint density at radius 2 is 1.85 bits per heavy atom. The van der Waals surface area contributed by atoms with Gasteiger partial charge >= 0.3 is 11.7 Å². The van der Waals surface area contributed by atoms with Crippen LogP contribution in [0.1, 0.15) is 10.5 Å². The van der Waals surface area contributed by atoms with Crippen LogP contribution in [0.25, 0.3) is 5.69 Å². The molecule has 0 radical (unpaired) electrons. The van der Waals surface area contributed by atoms with E-state index in [2.05, 4.69) is 5.10 Å². The van der Waals surface area contributed by atoms with Gasteiger partial charge < -0.3 is 9.84 Å². The van der Waals surface area contributed by atoms with E-state index in [1.54, 1.807) is 12.1 Å². The van der Waals surface area contributed by atoms with E-state index in [0.717, 1.165) is 4.68 Å². The summed E-state index contributed by atoms with van der Waals surface area (Å²) in [7, 11) is 2.69. The van der Waals surface area contributed by atoms with Crippen LogP contribution >= 0.6 is 0 Å². The minimum Gasteiger partial charge on any atom is -0.497 e. The van der Waals surface area contributed by atoms with E-state index >= 15 is 0 Å². The SMILES string of the molecule is COc1ccc(-n2nc(C(=O)O)c(=O)n(C)c2=O)cc1. The van der Waals surface area contributed by atoms with Gasteiger partial charge in [-0.1, -0.05) is 0 Å². The van der Waals surface area contributed by atoms with Crippen LogP contribution in [0, 0.1) is 0 Å². The molecule has 0 fully saturated rings. The van der Waals surface area contributed by atoms with Gasteiger partial charge in [0, 0.05) is 7.05 Å². The van der Waals surface area contributed by atoms with Gasteiger partial charge in [0.15, 0.2) is 0 Å². The summed E-state index contributed by atoms with van der Waals surface area (Å²) in [6.45, 7) is 0. The molecule has 1 heterocycles. The van der Waals surface area contributed by atoms with E-state index < -0.39 is 22.9 Å². The second-order valence-corrected chi connectivity index (χ2v) is 3.91. The lowest BCUT2D eigenvalue weighted by atomic mass is 10.3. The van der Waals surface area contributed by atoms with Crippen LogP contribution < -0.4 is 16.0 Å². The van der Waals surface area contributed by atoms with Crippen molar-refractivity contribution >= 4 is 5.97 Å². The van der Waals surface area contributed by atoms with E-state index in [9.17, 15) is 14.4 Å². The summed E-state index contributed by atoms with van der Waals surface area (Å²) in [5.74, 6) is -0.919. The van der Waals surface area contributed by atoms with Crippen LogP contribution in [0.5, 0.6) is 5.75 Å². The fourth-order valence-electron chi connectivity index (χ4n) is 1.60. The van der Waals surface area contributed by atoms with Gasteiger partial charge in [-0.05, 0) is 24.3 Å². The minimum atomic E-state index is -1.49. The zero-order valence-electron chi connectivity index (χ0n) is 10.7. The van der Waals surface area contributed by atoms with Gasteiger partial charge in [0.25, 0.3) is 5.56 Å². The number of aromatic carboxylic acids is 1. The molecule has 1 aromatic heterocycles. The van der Waals surface area contributed by atoms with Gasteiger partial charge in [-0.2, -0.15) is 9.78 Å². The number of benzene rings is 1. The quantitative estimate of drug-likeness (QED) is 0.821. The highest BCUT2D eigenvalue weighted by Gasteiger charge is 2.17. The predicted octanol–water partition coefficient (Wildman–Crippen LogP) is -0.362. The second kappa shape index (κ2) is 5.00. The molecule has 1 aromatic carbocycles.